The van der Waals surface area contributed by atoms with Gasteiger partial charge in [-0.25, -0.2) is 4.79 Å². The predicted molar refractivity (Wildman–Crippen MR) is 185 cm³/mol. The minimum Gasteiger partial charge on any atom is -0.462 e. The van der Waals surface area contributed by atoms with Gasteiger partial charge in [-0.2, -0.15) is 0 Å². The predicted octanol–water partition coefficient (Wildman–Crippen LogP) is 8.46. The summed E-state index contributed by atoms with van der Waals surface area (Å²) in [5, 5.41) is 9.61. The van der Waals surface area contributed by atoms with Gasteiger partial charge >= 0.3 is 11.9 Å². The maximum atomic E-state index is 13.3. The first-order valence-corrected chi connectivity index (χ1v) is 18.0. The Morgan fingerprint density at radius 2 is 1.15 bits per heavy atom. The van der Waals surface area contributed by atoms with E-state index < -0.39 is 0 Å². The zero-order chi connectivity index (χ0) is 33.1. The summed E-state index contributed by atoms with van der Waals surface area (Å²) in [5.74, 6) is 1.70. The maximum Gasteiger partial charge on any atom is 0.338 e. The van der Waals surface area contributed by atoms with Crippen LogP contribution in [0.1, 0.15) is 141 Å². The fourth-order valence-electron chi connectivity index (χ4n) is 10.2. The largest absolute Gasteiger partial charge is 0.462 e. The third-order valence-electron chi connectivity index (χ3n) is 11.4. The van der Waals surface area contributed by atoms with Crippen molar-refractivity contribution in [3.8, 4) is 0 Å². The Morgan fingerprint density at radius 3 is 1.78 bits per heavy atom. The van der Waals surface area contributed by atoms with Crippen LogP contribution in [0.3, 0.4) is 0 Å². The summed E-state index contributed by atoms with van der Waals surface area (Å²) in [6.45, 7) is 17.5. The quantitative estimate of drug-likeness (QED) is 0.323. The lowest BCUT2D eigenvalue weighted by Crippen LogP contribution is -2.59. The molecule has 4 atom stereocenters. The number of piperidine rings is 2. The van der Waals surface area contributed by atoms with Crippen molar-refractivity contribution < 1.29 is 19.1 Å². The van der Waals surface area contributed by atoms with E-state index in [9.17, 15) is 9.59 Å². The van der Waals surface area contributed by atoms with Crippen molar-refractivity contribution in [1.82, 2.24) is 10.6 Å². The van der Waals surface area contributed by atoms with Gasteiger partial charge in [0.15, 0.2) is 0 Å². The molecule has 4 aliphatic rings. The smallest absolute Gasteiger partial charge is 0.338 e. The molecular weight excluding hydrogens is 572 g/mol. The highest BCUT2D eigenvalue weighted by Crippen LogP contribution is 2.48. The van der Waals surface area contributed by atoms with E-state index in [4.69, 9.17) is 9.47 Å². The lowest BCUT2D eigenvalue weighted by Gasteiger charge is -2.46. The number of ether oxygens (including phenoxy) is 2. The highest BCUT2D eigenvalue weighted by molar-refractivity contribution is 5.95. The molecule has 0 amide bonds. The number of benzene rings is 2. The summed E-state index contributed by atoms with van der Waals surface area (Å²) in [5.41, 5.74) is 1.83. The maximum absolute atomic E-state index is 13.3. The summed E-state index contributed by atoms with van der Waals surface area (Å²) in [6.07, 6.45) is 9.85. The van der Waals surface area contributed by atoms with Crippen molar-refractivity contribution in [2.24, 2.45) is 17.8 Å². The van der Waals surface area contributed by atoms with Gasteiger partial charge in [0.2, 0.25) is 0 Å². The number of esters is 2. The summed E-state index contributed by atoms with van der Waals surface area (Å²) in [6, 6.07) is 12.8. The van der Waals surface area contributed by atoms with Crippen LogP contribution in [0.5, 0.6) is 0 Å². The first-order valence-electron chi connectivity index (χ1n) is 18.0. The van der Waals surface area contributed by atoms with Crippen LogP contribution in [0.2, 0.25) is 0 Å². The molecule has 2 saturated heterocycles. The van der Waals surface area contributed by atoms with Crippen molar-refractivity contribution in [3.05, 3.63) is 47.5 Å². The van der Waals surface area contributed by atoms with Gasteiger partial charge < -0.3 is 20.1 Å². The fourth-order valence-corrected chi connectivity index (χ4v) is 10.2. The topological polar surface area (TPSA) is 76.7 Å². The molecule has 0 spiro atoms. The number of rotatable bonds is 5. The molecule has 2 saturated carbocycles. The molecule has 6 heteroatoms. The zero-order valence-electron chi connectivity index (χ0n) is 29.6. The second-order valence-electron chi connectivity index (χ2n) is 18.0. The average molecular weight is 631 g/mol. The zero-order valence-corrected chi connectivity index (χ0v) is 29.6. The highest BCUT2D eigenvalue weighted by atomic mass is 16.5. The van der Waals surface area contributed by atoms with Crippen LogP contribution in [-0.4, -0.2) is 46.3 Å². The molecule has 0 aromatic heterocycles. The van der Waals surface area contributed by atoms with Crippen LogP contribution >= 0.6 is 0 Å². The lowest BCUT2D eigenvalue weighted by atomic mass is 9.64. The molecule has 252 valence electrons. The van der Waals surface area contributed by atoms with Crippen molar-refractivity contribution in [1.29, 1.82) is 0 Å². The number of fused-ring (bicyclic) bond motifs is 2. The monoisotopic (exact) mass is 630 g/mol. The van der Waals surface area contributed by atoms with E-state index in [0.29, 0.717) is 23.3 Å². The number of carbonyl (C=O) groups excluding carboxylic acids is 2. The molecular formula is C40H58N2O4. The van der Waals surface area contributed by atoms with Crippen LogP contribution in [0, 0.1) is 17.8 Å². The van der Waals surface area contributed by atoms with Crippen LogP contribution < -0.4 is 10.6 Å². The Bertz CT molecular complexity index is 1430. The molecule has 2 aliphatic heterocycles. The number of hydrogen-bond acceptors (Lipinski definition) is 6. The summed E-state index contributed by atoms with van der Waals surface area (Å²) >= 11 is 0. The fraction of sp³-hybridized carbons (Fsp3) is 0.700. The Balaban J connectivity index is 1.04. The first-order chi connectivity index (χ1) is 21.4. The molecule has 4 fully saturated rings. The molecule has 0 bridgehead atoms. The standard InChI is InChI=1S/C40H58N2O4/c1-37(2)21-33(22-38(3,4)41-37)45-35(43)31-15-13-27-17-25(9-11-29(27)19-31)26-10-12-30-20-32(16-14-28(30)18-26)36(44)46-34-23-39(5,6)42-40(7,8)24-34/h9,11,13,15,17,19,26,28,30,32-34,41-42H,10,12,14,16,18,20-24H2,1-8H3. The molecule has 2 aromatic rings. The normalized spacial score (nSPS) is 30.7. The van der Waals surface area contributed by atoms with Gasteiger partial charge in [-0.1, -0.05) is 24.3 Å². The highest BCUT2D eigenvalue weighted by Gasteiger charge is 2.43. The molecule has 2 N–H and O–H groups in total. The first kappa shape index (κ1) is 33.5. The summed E-state index contributed by atoms with van der Waals surface area (Å²) in [4.78, 5) is 26.5. The second kappa shape index (κ2) is 12.2. The van der Waals surface area contributed by atoms with E-state index in [0.717, 1.165) is 50.3 Å². The third-order valence-corrected chi connectivity index (χ3v) is 11.4. The second-order valence-corrected chi connectivity index (χ2v) is 18.0. The Hall–Kier alpha value is -2.44. The van der Waals surface area contributed by atoms with E-state index in [1.54, 1.807) is 0 Å². The Labute approximate surface area is 277 Å². The van der Waals surface area contributed by atoms with Crippen LogP contribution in [-0.2, 0) is 14.3 Å². The molecule has 6 nitrogen and oxygen atoms in total. The number of nitrogens with one attached hydrogen (secondary N) is 2. The van der Waals surface area contributed by atoms with Gasteiger partial charge in [0, 0.05) is 47.8 Å². The molecule has 4 unspecified atom stereocenters. The van der Waals surface area contributed by atoms with Crippen LogP contribution in [0.15, 0.2) is 36.4 Å². The minimum absolute atomic E-state index is 0.00361. The van der Waals surface area contributed by atoms with Gasteiger partial charge in [-0.05, 0) is 140 Å². The van der Waals surface area contributed by atoms with E-state index in [1.165, 1.54) is 30.2 Å². The summed E-state index contributed by atoms with van der Waals surface area (Å²) in [7, 11) is 0. The number of hydrogen-bond donors (Lipinski definition) is 2. The van der Waals surface area contributed by atoms with Gasteiger partial charge in [-0.3, -0.25) is 4.79 Å². The van der Waals surface area contributed by atoms with Crippen molar-refractivity contribution >= 4 is 22.7 Å². The Morgan fingerprint density at radius 1 is 0.630 bits per heavy atom. The molecule has 2 heterocycles. The van der Waals surface area contributed by atoms with Gasteiger partial charge in [-0.15, -0.1) is 0 Å². The van der Waals surface area contributed by atoms with E-state index in [2.05, 4.69) is 90.3 Å². The van der Waals surface area contributed by atoms with E-state index >= 15 is 0 Å². The van der Waals surface area contributed by atoms with Gasteiger partial charge in [0.25, 0.3) is 0 Å². The molecule has 2 aliphatic carbocycles. The number of carbonyl (C=O) groups is 2. The molecule has 6 rings (SSSR count). The minimum atomic E-state index is -0.231. The van der Waals surface area contributed by atoms with E-state index in [1.807, 2.05) is 12.1 Å². The lowest BCUT2D eigenvalue weighted by molar-refractivity contribution is -0.160. The third kappa shape index (κ3) is 7.81. The van der Waals surface area contributed by atoms with E-state index in [-0.39, 0.29) is 52.2 Å². The molecule has 0 radical (unpaired) electrons. The SMILES string of the molecule is CC1(C)CC(OC(=O)c2ccc3cc(C4CCC5CC(C(=O)OC6CC(C)(C)NC(C)(C)C6)CCC5C4)ccc3c2)CC(C)(C)N1. The van der Waals surface area contributed by atoms with Crippen molar-refractivity contribution in [2.45, 2.75) is 160 Å². The molecule has 2 aromatic carbocycles. The van der Waals surface area contributed by atoms with Crippen LogP contribution in [0.25, 0.3) is 10.8 Å². The molecule has 46 heavy (non-hydrogen) atoms. The van der Waals surface area contributed by atoms with Crippen LogP contribution in [0.4, 0.5) is 0 Å². The van der Waals surface area contributed by atoms with Gasteiger partial charge in [0.05, 0.1) is 11.5 Å². The Kier molecular flexibility index (Phi) is 8.89. The van der Waals surface area contributed by atoms with Gasteiger partial charge in [0.1, 0.15) is 12.2 Å². The summed E-state index contributed by atoms with van der Waals surface area (Å²) < 4.78 is 12.2. The van der Waals surface area contributed by atoms with Crippen molar-refractivity contribution in [3.63, 3.8) is 0 Å². The van der Waals surface area contributed by atoms with Crippen molar-refractivity contribution in [2.75, 3.05) is 0 Å². The average Bonchev–Trinajstić information content (AvgIpc) is 2.92.